The Kier molecular flexibility index (Phi) is 5.58. The molecule has 1 heterocycles. The highest BCUT2D eigenvalue weighted by atomic mass is 16.2. The van der Waals surface area contributed by atoms with Crippen LogP contribution in [-0.4, -0.2) is 23.3 Å². The Hall–Kier alpha value is -1.84. The fraction of sp³-hybridized carbons (Fsp3) is 0.556. The van der Waals surface area contributed by atoms with E-state index in [1.165, 1.54) is 5.56 Å². The fourth-order valence-corrected chi connectivity index (χ4v) is 2.98. The van der Waals surface area contributed by atoms with Gasteiger partial charge in [-0.2, -0.15) is 0 Å². The first-order chi connectivity index (χ1) is 10.6. The van der Waals surface area contributed by atoms with Crippen LogP contribution in [0.25, 0.3) is 0 Å². The summed E-state index contributed by atoms with van der Waals surface area (Å²) in [5.74, 6) is 0.341. The number of benzene rings is 1. The number of nitrogens with zero attached hydrogens (tertiary/aromatic N) is 1. The topological polar surface area (TPSA) is 49.4 Å². The molecule has 0 saturated carbocycles. The Bertz CT molecular complexity index is 550. The summed E-state index contributed by atoms with van der Waals surface area (Å²) in [6.45, 7) is 7.41. The van der Waals surface area contributed by atoms with Gasteiger partial charge >= 0.3 is 0 Å². The van der Waals surface area contributed by atoms with Gasteiger partial charge in [0.1, 0.15) is 0 Å². The van der Waals surface area contributed by atoms with Gasteiger partial charge in [-0.05, 0) is 42.5 Å². The molecule has 4 nitrogen and oxygen atoms in total. The molecule has 0 bridgehead atoms. The van der Waals surface area contributed by atoms with Crippen molar-refractivity contribution < 1.29 is 9.59 Å². The van der Waals surface area contributed by atoms with Crippen molar-refractivity contribution in [2.24, 2.45) is 5.92 Å². The van der Waals surface area contributed by atoms with Crippen molar-refractivity contribution in [1.82, 2.24) is 4.90 Å². The zero-order chi connectivity index (χ0) is 16.1. The van der Waals surface area contributed by atoms with Crippen LogP contribution in [0.4, 0.5) is 5.69 Å². The second kappa shape index (κ2) is 7.43. The van der Waals surface area contributed by atoms with E-state index in [1.54, 1.807) is 0 Å². The Morgan fingerprint density at radius 1 is 1.18 bits per heavy atom. The molecule has 1 aromatic rings. The molecule has 0 fully saturated rings. The number of anilines is 1. The normalized spacial score (nSPS) is 13.9. The molecule has 120 valence electrons. The number of fused-ring (bicyclic) bond motifs is 1. The van der Waals surface area contributed by atoms with Crippen LogP contribution in [0.15, 0.2) is 18.2 Å². The molecule has 2 amide bonds. The van der Waals surface area contributed by atoms with Crippen LogP contribution in [0, 0.1) is 5.92 Å². The van der Waals surface area contributed by atoms with Crippen molar-refractivity contribution in [2.75, 3.05) is 11.9 Å². The number of rotatable bonds is 5. The van der Waals surface area contributed by atoms with Crippen molar-refractivity contribution in [1.29, 1.82) is 0 Å². The number of nitrogens with one attached hydrogen (secondary N) is 1. The minimum atomic E-state index is 0.0641. The van der Waals surface area contributed by atoms with E-state index in [2.05, 4.69) is 11.4 Å². The second-order valence-electron chi connectivity index (χ2n) is 5.91. The lowest BCUT2D eigenvalue weighted by atomic mass is 9.98. The lowest BCUT2D eigenvalue weighted by molar-refractivity contribution is -0.131. The number of carbonyl (C=O) groups excluding carboxylic acids is 2. The van der Waals surface area contributed by atoms with Crippen LogP contribution in [-0.2, 0) is 22.6 Å². The molecular weight excluding hydrogens is 276 g/mol. The number of amides is 2. The number of hydrogen-bond acceptors (Lipinski definition) is 2. The standard InChI is InChI=1S/C18H26N2O2/c1-4-13(5-2)18(22)19-16-8-7-14-9-10-20(17(21)6-3)12-15(14)11-16/h7-8,11,13H,4-6,9-10,12H2,1-3H3,(H,19,22). The van der Waals surface area contributed by atoms with Crippen molar-refractivity contribution in [3.05, 3.63) is 29.3 Å². The second-order valence-corrected chi connectivity index (χ2v) is 5.91. The SMILES string of the molecule is CCC(=O)N1CCc2ccc(NC(=O)C(CC)CC)cc2C1. The maximum absolute atomic E-state index is 12.2. The van der Waals surface area contributed by atoms with Crippen LogP contribution >= 0.6 is 0 Å². The monoisotopic (exact) mass is 302 g/mol. The number of carbonyl (C=O) groups is 2. The summed E-state index contributed by atoms with van der Waals surface area (Å²) in [6, 6.07) is 6.06. The molecular formula is C18H26N2O2. The van der Waals surface area contributed by atoms with Crippen LogP contribution < -0.4 is 5.32 Å². The highest BCUT2D eigenvalue weighted by Gasteiger charge is 2.20. The number of hydrogen-bond donors (Lipinski definition) is 1. The van der Waals surface area contributed by atoms with Crippen molar-refractivity contribution in [2.45, 2.75) is 53.0 Å². The maximum Gasteiger partial charge on any atom is 0.227 e. The van der Waals surface area contributed by atoms with Gasteiger partial charge in [-0.3, -0.25) is 9.59 Å². The third-order valence-electron chi connectivity index (χ3n) is 4.50. The Balaban J connectivity index is 2.11. The summed E-state index contributed by atoms with van der Waals surface area (Å²) in [5.41, 5.74) is 3.26. The third kappa shape index (κ3) is 3.67. The van der Waals surface area contributed by atoms with E-state index in [-0.39, 0.29) is 17.7 Å². The summed E-state index contributed by atoms with van der Waals surface area (Å²) in [7, 11) is 0. The molecule has 4 heteroatoms. The Morgan fingerprint density at radius 3 is 2.55 bits per heavy atom. The van der Waals surface area contributed by atoms with Gasteiger partial charge in [0.15, 0.2) is 0 Å². The van der Waals surface area contributed by atoms with Gasteiger partial charge in [-0.1, -0.05) is 26.8 Å². The van der Waals surface area contributed by atoms with E-state index in [1.807, 2.05) is 37.8 Å². The molecule has 22 heavy (non-hydrogen) atoms. The molecule has 0 atom stereocenters. The van der Waals surface area contributed by atoms with Crippen LogP contribution in [0.1, 0.15) is 51.2 Å². The smallest absolute Gasteiger partial charge is 0.227 e. The van der Waals surface area contributed by atoms with Crippen LogP contribution in [0.5, 0.6) is 0 Å². The first kappa shape index (κ1) is 16.5. The van der Waals surface area contributed by atoms with Crippen molar-refractivity contribution >= 4 is 17.5 Å². The van der Waals surface area contributed by atoms with Gasteiger partial charge in [-0.25, -0.2) is 0 Å². The molecule has 0 aromatic heterocycles. The van der Waals surface area contributed by atoms with Gasteiger partial charge in [0, 0.05) is 31.1 Å². The van der Waals surface area contributed by atoms with Crippen LogP contribution in [0.2, 0.25) is 0 Å². The summed E-state index contributed by atoms with van der Waals surface area (Å²) in [6.07, 6.45) is 3.14. The van der Waals surface area contributed by atoms with Crippen LogP contribution in [0.3, 0.4) is 0 Å². The quantitative estimate of drug-likeness (QED) is 0.906. The predicted octanol–water partition coefficient (Wildman–Crippen LogP) is 3.36. The lowest BCUT2D eigenvalue weighted by Gasteiger charge is -2.29. The zero-order valence-electron chi connectivity index (χ0n) is 13.8. The molecule has 0 radical (unpaired) electrons. The summed E-state index contributed by atoms with van der Waals surface area (Å²) < 4.78 is 0. The van der Waals surface area contributed by atoms with Gasteiger partial charge < -0.3 is 10.2 Å². The fourth-order valence-electron chi connectivity index (χ4n) is 2.98. The van der Waals surface area contributed by atoms with Gasteiger partial charge in [0.05, 0.1) is 0 Å². The van der Waals surface area contributed by atoms with Crippen molar-refractivity contribution in [3.63, 3.8) is 0 Å². The molecule has 1 N–H and O–H groups in total. The van der Waals surface area contributed by atoms with Gasteiger partial charge in [-0.15, -0.1) is 0 Å². The van der Waals surface area contributed by atoms with Gasteiger partial charge in [0.2, 0.25) is 11.8 Å². The summed E-state index contributed by atoms with van der Waals surface area (Å²) in [4.78, 5) is 25.9. The first-order valence-electron chi connectivity index (χ1n) is 8.29. The molecule has 0 saturated heterocycles. The Labute approximate surface area is 132 Å². The molecule has 1 aromatic carbocycles. The van der Waals surface area contributed by atoms with E-state index in [0.717, 1.165) is 37.1 Å². The van der Waals surface area contributed by atoms with E-state index in [9.17, 15) is 9.59 Å². The largest absolute Gasteiger partial charge is 0.338 e. The average molecular weight is 302 g/mol. The molecule has 1 aliphatic heterocycles. The van der Waals surface area contributed by atoms with E-state index < -0.39 is 0 Å². The van der Waals surface area contributed by atoms with E-state index >= 15 is 0 Å². The van der Waals surface area contributed by atoms with Crippen molar-refractivity contribution in [3.8, 4) is 0 Å². The average Bonchev–Trinajstić information content (AvgIpc) is 2.54. The minimum Gasteiger partial charge on any atom is -0.338 e. The molecule has 1 aliphatic rings. The maximum atomic E-state index is 12.2. The molecule has 0 aliphatic carbocycles. The molecule has 2 rings (SSSR count). The summed E-state index contributed by atoms with van der Waals surface area (Å²) >= 11 is 0. The molecule has 0 spiro atoms. The Morgan fingerprint density at radius 2 is 1.91 bits per heavy atom. The molecule has 0 unspecified atom stereocenters. The van der Waals surface area contributed by atoms with E-state index in [0.29, 0.717) is 13.0 Å². The zero-order valence-corrected chi connectivity index (χ0v) is 13.8. The third-order valence-corrected chi connectivity index (χ3v) is 4.50. The summed E-state index contributed by atoms with van der Waals surface area (Å²) in [5, 5.41) is 3.01. The highest BCUT2D eigenvalue weighted by molar-refractivity contribution is 5.92. The first-order valence-corrected chi connectivity index (χ1v) is 8.29. The van der Waals surface area contributed by atoms with E-state index in [4.69, 9.17) is 0 Å². The lowest BCUT2D eigenvalue weighted by Crippen LogP contribution is -2.35. The highest BCUT2D eigenvalue weighted by Crippen LogP contribution is 2.24. The predicted molar refractivity (Wildman–Crippen MR) is 88.6 cm³/mol. The minimum absolute atomic E-state index is 0.0641. The van der Waals surface area contributed by atoms with Gasteiger partial charge in [0.25, 0.3) is 0 Å².